The predicted molar refractivity (Wildman–Crippen MR) is 75.0 cm³/mol. The van der Waals surface area contributed by atoms with Gasteiger partial charge in [-0.3, -0.25) is 9.59 Å². The van der Waals surface area contributed by atoms with Crippen molar-refractivity contribution in [2.45, 2.75) is 39.0 Å². The summed E-state index contributed by atoms with van der Waals surface area (Å²) in [5.41, 5.74) is 3.13. The second-order valence-corrected chi connectivity index (χ2v) is 4.92. The van der Waals surface area contributed by atoms with Crippen molar-refractivity contribution in [1.82, 2.24) is 5.32 Å². The highest BCUT2D eigenvalue weighted by molar-refractivity contribution is 5.99. The number of rotatable bonds is 6. The van der Waals surface area contributed by atoms with Gasteiger partial charge in [-0.15, -0.1) is 0 Å². The third-order valence-corrected chi connectivity index (χ3v) is 3.29. The Hall–Kier alpha value is -1.84. The fourth-order valence-corrected chi connectivity index (χ4v) is 2.21. The van der Waals surface area contributed by atoms with Crippen molar-refractivity contribution in [3.05, 3.63) is 29.3 Å². The van der Waals surface area contributed by atoms with Gasteiger partial charge in [0, 0.05) is 18.7 Å². The van der Waals surface area contributed by atoms with E-state index < -0.39 is 0 Å². The average Bonchev–Trinajstić information content (AvgIpc) is 2.75. The molecule has 0 bridgehead atoms. The maximum atomic E-state index is 11.5. The Labute approximate surface area is 113 Å². The molecule has 0 aliphatic carbocycles. The van der Waals surface area contributed by atoms with E-state index in [2.05, 4.69) is 17.6 Å². The summed E-state index contributed by atoms with van der Waals surface area (Å²) in [4.78, 5) is 22.7. The van der Waals surface area contributed by atoms with Crippen LogP contribution < -0.4 is 10.6 Å². The monoisotopic (exact) mass is 260 g/mol. The van der Waals surface area contributed by atoms with Crippen molar-refractivity contribution in [3.8, 4) is 0 Å². The maximum Gasteiger partial charge on any atom is 0.228 e. The van der Waals surface area contributed by atoms with Crippen LogP contribution in [0.2, 0.25) is 0 Å². The van der Waals surface area contributed by atoms with Crippen LogP contribution in [0, 0.1) is 0 Å². The summed E-state index contributed by atoms with van der Waals surface area (Å²) in [6.07, 6.45) is 3.86. The molecule has 0 radical (unpaired) electrons. The van der Waals surface area contributed by atoms with Gasteiger partial charge in [0.25, 0.3) is 0 Å². The second-order valence-electron chi connectivity index (χ2n) is 4.92. The van der Waals surface area contributed by atoms with Crippen molar-refractivity contribution < 1.29 is 9.59 Å². The third-order valence-electron chi connectivity index (χ3n) is 3.29. The van der Waals surface area contributed by atoms with Gasteiger partial charge in [0.05, 0.1) is 6.42 Å². The van der Waals surface area contributed by atoms with Crippen molar-refractivity contribution in [2.75, 3.05) is 11.9 Å². The number of amides is 2. The molecule has 0 aromatic heterocycles. The summed E-state index contributed by atoms with van der Waals surface area (Å²) in [7, 11) is 0. The molecule has 0 fully saturated rings. The van der Waals surface area contributed by atoms with Crippen LogP contribution in [0.4, 0.5) is 5.69 Å². The number of benzene rings is 1. The molecule has 102 valence electrons. The minimum atomic E-state index is 0.0556. The van der Waals surface area contributed by atoms with E-state index >= 15 is 0 Å². The van der Waals surface area contributed by atoms with Gasteiger partial charge in [0.2, 0.25) is 11.8 Å². The minimum Gasteiger partial charge on any atom is -0.356 e. The molecule has 2 N–H and O–H groups in total. The number of hydrogen-bond acceptors (Lipinski definition) is 2. The Morgan fingerprint density at radius 1 is 1.42 bits per heavy atom. The van der Waals surface area contributed by atoms with E-state index in [0.717, 1.165) is 36.1 Å². The highest BCUT2D eigenvalue weighted by atomic mass is 16.2. The van der Waals surface area contributed by atoms with E-state index in [1.165, 1.54) is 0 Å². The molecule has 0 spiro atoms. The Morgan fingerprint density at radius 3 is 3.05 bits per heavy atom. The van der Waals surface area contributed by atoms with E-state index in [0.29, 0.717) is 19.4 Å². The Kier molecular flexibility index (Phi) is 4.55. The molecule has 1 aromatic rings. The van der Waals surface area contributed by atoms with Crippen LogP contribution in [0.3, 0.4) is 0 Å². The van der Waals surface area contributed by atoms with Crippen LogP contribution in [0.1, 0.15) is 37.3 Å². The van der Waals surface area contributed by atoms with E-state index in [4.69, 9.17) is 0 Å². The summed E-state index contributed by atoms with van der Waals surface area (Å²) in [6.45, 7) is 2.73. The lowest BCUT2D eigenvalue weighted by Crippen LogP contribution is -2.25. The van der Waals surface area contributed by atoms with Crippen molar-refractivity contribution in [1.29, 1.82) is 0 Å². The van der Waals surface area contributed by atoms with Crippen LogP contribution in [0.25, 0.3) is 0 Å². The number of carbonyl (C=O) groups excluding carboxylic acids is 2. The van der Waals surface area contributed by atoms with E-state index in [1.54, 1.807) is 0 Å². The summed E-state index contributed by atoms with van der Waals surface area (Å²) in [5, 5.41) is 5.73. The smallest absolute Gasteiger partial charge is 0.228 e. The normalized spacial score (nSPS) is 13.0. The number of nitrogens with one attached hydrogen (secondary N) is 2. The first-order chi connectivity index (χ1) is 9.19. The van der Waals surface area contributed by atoms with Crippen LogP contribution in [0.5, 0.6) is 0 Å². The summed E-state index contributed by atoms with van der Waals surface area (Å²) < 4.78 is 0. The number of carbonyl (C=O) groups is 2. The van der Waals surface area contributed by atoms with Gasteiger partial charge in [-0.05, 0) is 30.0 Å². The first-order valence-corrected chi connectivity index (χ1v) is 6.87. The molecule has 2 rings (SSSR count). The number of fused-ring (bicyclic) bond motifs is 1. The fourth-order valence-electron chi connectivity index (χ4n) is 2.21. The van der Waals surface area contributed by atoms with Crippen LogP contribution in [0.15, 0.2) is 18.2 Å². The highest BCUT2D eigenvalue weighted by Gasteiger charge is 2.17. The zero-order chi connectivity index (χ0) is 13.7. The number of hydrogen-bond donors (Lipinski definition) is 2. The standard InChI is InChI=1S/C15H20N2O2/c1-2-3-4-14(18)16-8-7-11-5-6-13-12(9-11)10-15(19)17-13/h5-6,9H,2-4,7-8,10H2,1H3,(H,16,18)(H,17,19). The van der Waals surface area contributed by atoms with Crippen LogP contribution in [-0.2, 0) is 22.4 Å². The van der Waals surface area contributed by atoms with Gasteiger partial charge in [0.1, 0.15) is 0 Å². The minimum absolute atomic E-state index is 0.0556. The highest BCUT2D eigenvalue weighted by Crippen LogP contribution is 2.23. The molecule has 0 unspecified atom stereocenters. The number of anilines is 1. The molecule has 0 saturated heterocycles. The molecule has 1 aliphatic heterocycles. The zero-order valence-corrected chi connectivity index (χ0v) is 11.3. The summed E-state index contributed by atoms with van der Waals surface area (Å²) in [5.74, 6) is 0.180. The Bertz CT molecular complexity index is 483. The molecule has 19 heavy (non-hydrogen) atoms. The molecule has 1 aromatic carbocycles. The fraction of sp³-hybridized carbons (Fsp3) is 0.467. The quantitative estimate of drug-likeness (QED) is 0.822. The lowest BCUT2D eigenvalue weighted by molar-refractivity contribution is -0.121. The molecule has 2 amide bonds. The third kappa shape index (κ3) is 3.81. The largest absolute Gasteiger partial charge is 0.356 e. The van der Waals surface area contributed by atoms with Gasteiger partial charge in [-0.2, -0.15) is 0 Å². The lowest BCUT2D eigenvalue weighted by Gasteiger charge is -2.06. The topological polar surface area (TPSA) is 58.2 Å². The molecule has 1 heterocycles. The zero-order valence-electron chi connectivity index (χ0n) is 11.3. The van der Waals surface area contributed by atoms with Crippen molar-refractivity contribution >= 4 is 17.5 Å². The van der Waals surface area contributed by atoms with E-state index in [9.17, 15) is 9.59 Å². The van der Waals surface area contributed by atoms with Crippen LogP contribution in [-0.4, -0.2) is 18.4 Å². The lowest BCUT2D eigenvalue weighted by atomic mass is 10.1. The maximum absolute atomic E-state index is 11.5. The summed E-state index contributed by atoms with van der Waals surface area (Å²) >= 11 is 0. The molecular weight excluding hydrogens is 240 g/mol. The second kappa shape index (κ2) is 6.36. The molecular formula is C15H20N2O2. The first kappa shape index (κ1) is 13.6. The van der Waals surface area contributed by atoms with E-state index in [-0.39, 0.29) is 11.8 Å². The molecule has 4 heteroatoms. The van der Waals surface area contributed by atoms with E-state index in [1.807, 2.05) is 18.2 Å². The van der Waals surface area contributed by atoms with Gasteiger partial charge in [-0.25, -0.2) is 0 Å². The van der Waals surface area contributed by atoms with Crippen molar-refractivity contribution in [2.24, 2.45) is 0 Å². The predicted octanol–water partition coefficient (Wildman–Crippen LogP) is 2.03. The van der Waals surface area contributed by atoms with Crippen LogP contribution >= 0.6 is 0 Å². The van der Waals surface area contributed by atoms with Gasteiger partial charge >= 0.3 is 0 Å². The van der Waals surface area contributed by atoms with Gasteiger partial charge in [-0.1, -0.05) is 25.5 Å². The molecule has 4 nitrogen and oxygen atoms in total. The van der Waals surface area contributed by atoms with Gasteiger partial charge in [0.15, 0.2) is 0 Å². The molecule has 0 saturated carbocycles. The summed E-state index contributed by atoms with van der Waals surface area (Å²) in [6, 6.07) is 5.99. The van der Waals surface area contributed by atoms with Crippen molar-refractivity contribution in [3.63, 3.8) is 0 Å². The Balaban J connectivity index is 1.79. The number of unbranched alkanes of at least 4 members (excludes halogenated alkanes) is 1. The molecule has 1 aliphatic rings. The van der Waals surface area contributed by atoms with Gasteiger partial charge < -0.3 is 10.6 Å². The average molecular weight is 260 g/mol. The SMILES string of the molecule is CCCCC(=O)NCCc1ccc2c(c1)CC(=O)N2. The Morgan fingerprint density at radius 2 is 2.26 bits per heavy atom. The first-order valence-electron chi connectivity index (χ1n) is 6.87. The molecule has 0 atom stereocenters.